The van der Waals surface area contributed by atoms with Crippen molar-refractivity contribution in [2.45, 2.75) is 6.92 Å². The van der Waals surface area contributed by atoms with Crippen LogP contribution in [-0.2, 0) is 0 Å². The molecule has 0 aliphatic carbocycles. The SMILES string of the molecule is Cc1ccc(C#CCO)c(C(=O)Nc2nncs2)c1. The lowest BCUT2D eigenvalue weighted by molar-refractivity contribution is 0.102. The number of benzene rings is 1. The number of aromatic nitrogens is 2. The van der Waals surface area contributed by atoms with Gasteiger partial charge in [0.25, 0.3) is 5.91 Å². The molecule has 0 saturated heterocycles. The third-order valence-corrected chi connectivity index (χ3v) is 2.91. The van der Waals surface area contributed by atoms with Crippen molar-refractivity contribution in [2.75, 3.05) is 11.9 Å². The summed E-state index contributed by atoms with van der Waals surface area (Å²) in [7, 11) is 0. The number of aliphatic hydroxyl groups is 1. The molecule has 0 atom stereocenters. The summed E-state index contributed by atoms with van der Waals surface area (Å²) in [5, 5.41) is 19.2. The molecule has 0 aliphatic rings. The normalized spacial score (nSPS) is 9.58. The highest BCUT2D eigenvalue weighted by atomic mass is 32.1. The van der Waals surface area contributed by atoms with Gasteiger partial charge in [0.05, 0.1) is 5.56 Å². The summed E-state index contributed by atoms with van der Waals surface area (Å²) in [6, 6.07) is 5.37. The summed E-state index contributed by atoms with van der Waals surface area (Å²) in [4.78, 5) is 12.1. The van der Waals surface area contributed by atoms with Gasteiger partial charge < -0.3 is 5.11 Å². The van der Waals surface area contributed by atoms with E-state index in [4.69, 9.17) is 5.11 Å². The Hall–Kier alpha value is -2.23. The summed E-state index contributed by atoms with van der Waals surface area (Å²) in [5.41, 5.74) is 3.52. The zero-order valence-corrected chi connectivity index (χ0v) is 11.0. The summed E-state index contributed by atoms with van der Waals surface area (Å²) < 4.78 is 0. The van der Waals surface area contributed by atoms with Gasteiger partial charge in [-0.3, -0.25) is 10.1 Å². The van der Waals surface area contributed by atoms with Crippen molar-refractivity contribution in [3.05, 3.63) is 40.4 Å². The van der Waals surface area contributed by atoms with Crippen LogP contribution in [0.2, 0.25) is 0 Å². The molecule has 0 aliphatic heterocycles. The van der Waals surface area contributed by atoms with Crippen LogP contribution in [0.1, 0.15) is 21.5 Å². The van der Waals surface area contributed by atoms with Crippen molar-refractivity contribution >= 4 is 22.4 Å². The number of carbonyl (C=O) groups is 1. The zero-order chi connectivity index (χ0) is 13.7. The highest BCUT2D eigenvalue weighted by molar-refractivity contribution is 7.13. The number of aryl methyl sites for hydroxylation is 1. The number of anilines is 1. The fourth-order valence-corrected chi connectivity index (χ4v) is 1.92. The molecule has 1 heterocycles. The Balaban J connectivity index is 2.31. The predicted molar refractivity (Wildman–Crippen MR) is 73.0 cm³/mol. The van der Waals surface area contributed by atoms with Crippen LogP contribution in [0.5, 0.6) is 0 Å². The van der Waals surface area contributed by atoms with E-state index in [0.29, 0.717) is 16.3 Å². The first-order chi connectivity index (χ1) is 9.20. The van der Waals surface area contributed by atoms with Gasteiger partial charge in [0.15, 0.2) is 0 Å². The number of hydrogen-bond acceptors (Lipinski definition) is 5. The number of nitrogens with zero attached hydrogens (tertiary/aromatic N) is 2. The molecule has 6 heteroatoms. The van der Waals surface area contributed by atoms with Crippen LogP contribution in [0.4, 0.5) is 5.13 Å². The average Bonchev–Trinajstić information content (AvgIpc) is 2.90. The minimum Gasteiger partial charge on any atom is -0.384 e. The molecule has 1 amide bonds. The molecule has 19 heavy (non-hydrogen) atoms. The molecule has 1 aromatic carbocycles. The molecule has 1 aromatic heterocycles. The molecule has 2 rings (SSSR count). The maximum absolute atomic E-state index is 12.1. The number of amides is 1. The van der Waals surface area contributed by atoms with Gasteiger partial charge in [-0.2, -0.15) is 0 Å². The molecule has 0 saturated carbocycles. The minimum absolute atomic E-state index is 0.245. The maximum Gasteiger partial charge on any atom is 0.258 e. The Bertz CT molecular complexity index is 642. The molecular weight excluding hydrogens is 262 g/mol. The Morgan fingerprint density at radius 2 is 2.37 bits per heavy atom. The lowest BCUT2D eigenvalue weighted by Crippen LogP contribution is -2.13. The molecule has 0 radical (unpaired) electrons. The van der Waals surface area contributed by atoms with E-state index in [0.717, 1.165) is 5.56 Å². The zero-order valence-electron chi connectivity index (χ0n) is 10.2. The Morgan fingerprint density at radius 3 is 3.05 bits per heavy atom. The quantitative estimate of drug-likeness (QED) is 0.812. The predicted octanol–water partition coefficient (Wildman–Crippen LogP) is 1.44. The molecule has 96 valence electrons. The van der Waals surface area contributed by atoms with E-state index in [1.165, 1.54) is 11.3 Å². The molecule has 2 aromatic rings. The lowest BCUT2D eigenvalue weighted by Gasteiger charge is -2.05. The standard InChI is InChI=1S/C13H11N3O2S/c1-9-4-5-10(3-2-6-17)11(7-9)12(18)15-13-16-14-8-19-13/h4-5,7-8,17H,6H2,1H3,(H,15,16,18). The fourth-order valence-electron chi connectivity index (χ4n) is 1.48. The number of rotatable bonds is 2. The van der Waals surface area contributed by atoms with Crippen molar-refractivity contribution in [1.82, 2.24) is 10.2 Å². The first-order valence-corrected chi connectivity index (χ1v) is 6.36. The average molecular weight is 273 g/mol. The van der Waals surface area contributed by atoms with Crippen LogP contribution in [0, 0.1) is 18.8 Å². The van der Waals surface area contributed by atoms with Gasteiger partial charge in [-0.25, -0.2) is 0 Å². The van der Waals surface area contributed by atoms with Gasteiger partial charge in [-0.1, -0.05) is 34.8 Å². The van der Waals surface area contributed by atoms with Crippen LogP contribution < -0.4 is 5.32 Å². The number of aliphatic hydroxyl groups excluding tert-OH is 1. The number of carbonyl (C=O) groups excluding carboxylic acids is 1. The number of nitrogens with one attached hydrogen (secondary N) is 1. The second-order valence-electron chi connectivity index (χ2n) is 3.71. The Labute approximate surface area is 114 Å². The van der Waals surface area contributed by atoms with Crippen molar-refractivity contribution in [1.29, 1.82) is 0 Å². The van der Waals surface area contributed by atoms with Gasteiger partial charge in [0, 0.05) is 5.56 Å². The molecule has 0 bridgehead atoms. The third kappa shape index (κ3) is 3.37. The largest absolute Gasteiger partial charge is 0.384 e. The summed E-state index contributed by atoms with van der Waals surface area (Å²) in [6.45, 7) is 1.65. The van der Waals surface area contributed by atoms with E-state index in [1.807, 2.05) is 13.0 Å². The smallest absolute Gasteiger partial charge is 0.258 e. The van der Waals surface area contributed by atoms with Crippen molar-refractivity contribution in [2.24, 2.45) is 0 Å². The van der Waals surface area contributed by atoms with Crippen LogP contribution in [0.15, 0.2) is 23.7 Å². The third-order valence-electron chi connectivity index (χ3n) is 2.30. The van der Waals surface area contributed by atoms with E-state index >= 15 is 0 Å². The van der Waals surface area contributed by atoms with Crippen molar-refractivity contribution in [3.8, 4) is 11.8 Å². The first kappa shape index (κ1) is 13.2. The lowest BCUT2D eigenvalue weighted by atomic mass is 10.0. The van der Waals surface area contributed by atoms with Gasteiger partial charge in [-0.15, -0.1) is 10.2 Å². The molecule has 2 N–H and O–H groups in total. The van der Waals surface area contributed by atoms with Gasteiger partial charge in [0.2, 0.25) is 5.13 Å². The van der Waals surface area contributed by atoms with E-state index in [-0.39, 0.29) is 12.5 Å². The number of hydrogen-bond donors (Lipinski definition) is 2. The van der Waals surface area contributed by atoms with Crippen LogP contribution in [-0.4, -0.2) is 27.8 Å². The Kier molecular flexibility index (Phi) is 4.23. The van der Waals surface area contributed by atoms with Gasteiger partial charge >= 0.3 is 0 Å². The van der Waals surface area contributed by atoms with E-state index in [1.54, 1.807) is 17.6 Å². The topological polar surface area (TPSA) is 75.1 Å². The minimum atomic E-state index is -0.289. The van der Waals surface area contributed by atoms with Crippen molar-refractivity contribution in [3.63, 3.8) is 0 Å². The Morgan fingerprint density at radius 1 is 1.53 bits per heavy atom. The highest BCUT2D eigenvalue weighted by Gasteiger charge is 2.12. The summed E-state index contributed by atoms with van der Waals surface area (Å²) in [6.07, 6.45) is 0. The van der Waals surface area contributed by atoms with Crippen LogP contribution >= 0.6 is 11.3 Å². The van der Waals surface area contributed by atoms with Gasteiger partial charge in [0.1, 0.15) is 12.1 Å². The molecule has 0 unspecified atom stereocenters. The van der Waals surface area contributed by atoms with Crippen LogP contribution in [0.3, 0.4) is 0 Å². The second kappa shape index (κ2) is 6.09. The van der Waals surface area contributed by atoms with Crippen molar-refractivity contribution < 1.29 is 9.90 Å². The summed E-state index contributed by atoms with van der Waals surface area (Å²) in [5.74, 6) is 5.01. The molecule has 0 fully saturated rings. The molecular formula is C13H11N3O2S. The monoisotopic (exact) mass is 273 g/mol. The maximum atomic E-state index is 12.1. The molecule has 5 nitrogen and oxygen atoms in total. The highest BCUT2D eigenvalue weighted by Crippen LogP contribution is 2.15. The fraction of sp³-hybridized carbons (Fsp3) is 0.154. The van der Waals surface area contributed by atoms with Gasteiger partial charge in [-0.05, 0) is 19.1 Å². The molecule has 0 spiro atoms. The summed E-state index contributed by atoms with van der Waals surface area (Å²) >= 11 is 1.24. The van der Waals surface area contributed by atoms with Crippen LogP contribution in [0.25, 0.3) is 0 Å². The van der Waals surface area contributed by atoms with E-state index in [9.17, 15) is 4.79 Å². The first-order valence-electron chi connectivity index (χ1n) is 5.48. The van der Waals surface area contributed by atoms with E-state index < -0.39 is 0 Å². The second-order valence-corrected chi connectivity index (χ2v) is 4.54. The van der Waals surface area contributed by atoms with E-state index in [2.05, 4.69) is 27.4 Å².